The Morgan fingerprint density at radius 3 is 2.67 bits per heavy atom. The van der Waals surface area contributed by atoms with E-state index >= 15 is 0 Å². The molecule has 1 atom stereocenters. The number of amides is 3. The molecule has 0 radical (unpaired) electrons. The van der Waals surface area contributed by atoms with E-state index in [1.165, 1.54) is 4.88 Å². The number of ether oxygens (including phenoxy) is 1. The molecule has 0 aliphatic carbocycles. The maximum absolute atomic E-state index is 13.5. The molecule has 1 aromatic carbocycles. The number of thiophene rings is 1. The summed E-state index contributed by atoms with van der Waals surface area (Å²) in [5, 5.41) is 5.03. The highest BCUT2D eigenvalue weighted by atomic mass is 32.1. The van der Waals surface area contributed by atoms with Crippen LogP contribution in [0.4, 0.5) is 4.79 Å². The molecule has 7 heteroatoms. The van der Waals surface area contributed by atoms with Gasteiger partial charge in [0.25, 0.3) is 0 Å². The van der Waals surface area contributed by atoms with Gasteiger partial charge in [-0.05, 0) is 68.2 Å². The summed E-state index contributed by atoms with van der Waals surface area (Å²) in [7, 11) is 0. The van der Waals surface area contributed by atoms with Gasteiger partial charge in [0.15, 0.2) is 0 Å². The van der Waals surface area contributed by atoms with Crippen LogP contribution in [-0.4, -0.2) is 54.0 Å². The maximum atomic E-state index is 13.5. The number of hydrogen-bond donors (Lipinski definition) is 1. The zero-order valence-corrected chi connectivity index (χ0v) is 21.3. The summed E-state index contributed by atoms with van der Waals surface area (Å²) >= 11 is 1.74. The number of nitrogens with one attached hydrogen (secondary N) is 1. The molecule has 0 spiro atoms. The van der Waals surface area contributed by atoms with Crippen molar-refractivity contribution in [2.24, 2.45) is 5.92 Å². The molecule has 3 rings (SSSR count). The minimum atomic E-state index is -0.181. The first-order valence-corrected chi connectivity index (χ1v) is 12.7. The van der Waals surface area contributed by atoms with E-state index < -0.39 is 0 Å². The highest BCUT2D eigenvalue weighted by Gasteiger charge is 2.33. The minimum absolute atomic E-state index is 0.0211. The number of benzene rings is 1. The van der Waals surface area contributed by atoms with Crippen molar-refractivity contribution in [2.75, 3.05) is 26.2 Å². The Kier molecular flexibility index (Phi) is 8.78. The van der Waals surface area contributed by atoms with Crippen LogP contribution in [0.15, 0.2) is 35.7 Å². The molecular weight excluding hydrogens is 434 g/mol. The Bertz CT molecular complexity index is 940. The van der Waals surface area contributed by atoms with E-state index in [1.807, 2.05) is 49.9 Å². The smallest absolute Gasteiger partial charge is 0.318 e. The lowest BCUT2D eigenvalue weighted by Crippen LogP contribution is -2.51. The number of carbonyl (C=O) groups is 2. The third-order valence-corrected chi connectivity index (χ3v) is 6.90. The van der Waals surface area contributed by atoms with Gasteiger partial charge in [0.05, 0.1) is 6.04 Å². The second-order valence-corrected chi connectivity index (χ2v) is 10.4. The summed E-state index contributed by atoms with van der Waals surface area (Å²) in [4.78, 5) is 31.2. The zero-order valence-electron chi connectivity index (χ0n) is 20.5. The Morgan fingerprint density at radius 1 is 1.21 bits per heavy atom. The van der Waals surface area contributed by atoms with Crippen LogP contribution in [0.1, 0.15) is 56.2 Å². The molecule has 0 bridgehead atoms. The van der Waals surface area contributed by atoms with E-state index in [0.29, 0.717) is 25.6 Å². The van der Waals surface area contributed by atoms with Gasteiger partial charge < -0.3 is 19.9 Å². The van der Waals surface area contributed by atoms with Gasteiger partial charge >= 0.3 is 6.03 Å². The lowest BCUT2D eigenvalue weighted by Gasteiger charge is -2.37. The van der Waals surface area contributed by atoms with Gasteiger partial charge in [-0.3, -0.25) is 4.79 Å². The Balaban J connectivity index is 1.76. The summed E-state index contributed by atoms with van der Waals surface area (Å²) < 4.78 is 6.18. The van der Waals surface area contributed by atoms with Gasteiger partial charge in [0.1, 0.15) is 18.9 Å². The molecule has 2 heterocycles. The Labute approximate surface area is 201 Å². The first kappa shape index (κ1) is 25.1. The van der Waals surface area contributed by atoms with Crippen LogP contribution in [0.3, 0.4) is 0 Å². The summed E-state index contributed by atoms with van der Waals surface area (Å²) in [6, 6.07) is 9.72. The third-order valence-electron chi connectivity index (χ3n) is 5.91. The van der Waals surface area contributed by atoms with E-state index in [4.69, 9.17) is 4.74 Å². The van der Waals surface area contributed by atoms with Crippen LogP contribution in [-0.2, 0) is 11.2 Å². The van der Waals surface area contributed by atoms with E-state index in [2.05, 4.69) is 30.6 Å². The van der Waals surface area contributed by atoms with Crippen LogP contribution in [0.25, 0.3) is 0 Å². The number of hydrogen-bond acceptors (Lipinski definition) is 4. The van der Waals surface area contributed by atoms with Crippen molar-refractivity contribution in [2.45, 2.75) is 59.5 Å². The van der Waals surface area contributed by atoms with Gasteiger partial charge in [0, 0.05) is 24.0 Å². The van der Waals surface area contributed by atoms with Crippen molar-refractivity contribution >= 4 is 23.3 Å². The van der Waals surface area contributed by atoms with Crippen molar-refractivity contribution in [3.05, 3.63) is 51.7 Å². The lowest BCUT2D eigenvalue weighted by atomic mass is 10.00. The fourth-order valence-corrected chi connectivity index (χ4v) is 4.95. The summed E-state index contributed by atoms with van der Waals surface area (Å²) in [6.07, 6.45) is 1.69. The molecule has 3 amide bonds. The topological polar surface area (TPSA) is 61.9 Å². The SMILES string of the molecule is Cc1ccccc1OCC1c2ccsc2CCN1C(=O)CN(CCC(C)C)C(=O)NC(C)C. The maximum Gasteiger partial charge on any atom is 0.318 e. The molecule has 1 aromatic heterocycles. The molecule has 6 nitrogen and oxygen atoms in total. The number of para-hydroxylation sites is 1. The normalized spacial score (nSPS) is 15.5. The quantitative estimate of drug-likeness (QED) is 0.558. The zero-order chi connectivity index (χ0) is 24.0. The van der Waals surface area contributed by atoms with Crippen LogP contribution in [0, 0.1) is 12.8 Å². The van der Waals surface area contributed by atoms with Crippen molar-refractivity contribution < 1.29 is 14.3 Å². The average Bonchev–Trinajstić information content (AvgIpc) is 3.24. The molecule has 0 saturated heterocycles. The van der Waals surface area contributed by atoms with E-state index in [1.54, 1.807) is 16.2 Å². The fraction of sp³-hybridized carbons (Fsp3) is 0.538. The van der Waals surface area contributed by atoms with Crippen molar-refractivity contribution in [3.8, 4) is 5.75 Å². The summed E-state index contributed by atoms with van der Waals surface area (Å²) in [5.41, 5.74) is 2.23. The van der Waals surface area contributed by atoms with Gasteiger partial charge in [-0.25, -0.2) is 4.79 Å². The highest BCUT2D eigenvalue weighted by molar-refractivity contribution is 7.10. The molecular formula is C26H37N3O3S. The van der Waals surface area contributed by atoms with Gasteiger partial charge in [-0.15, -0.1) is 11.3 Å². The number of urea groups is 1. The van der Waals surface area contributed by atoms with Crippen LogP contribution >= 0.6 is 11.3 Å². The lowest BCUT2D eigenvalue weighted by molar-refractivity contribution is -0.135. The second kappa shape index (κ2) is 11.5. The number of carbonyl (C=O) groups excluding carboxylic acids is 2. The van der Waals surface area contributed by atoms with Gasteiger partial charge in [0.2, 0.25) is 5.91 Å². The molecule has 180 valence electrons. The summed E-state index contributed by atoms with van der Waals surface area (Å²) in [5.74, 6) is 1.25. The Morgan fingerprint density at radius 2 is 1.97 bits per heavy atom. The third kappa shape index (κ3) is 6.73. The average molecular weight is 472 g/mol. The van der Waals surface area contributed by atoms with Crippen molar-refractivity contribution in [3.63, 3.8) is 0 Å². The molecule has 0 fully saturated rings. The largest absolute Gasteiger partial charge is 0.491 e. The van der Waals surface area contributed by atoms with Gasteiger partial charge in [-0.2, -0.15) is 0 Å². The van der Waals surface area contributed by atoms with Crippen LogP contribution < -0.4 is 10.1 Å². The molecule has 33 heavy (non-hydrogen) atoms. The predicted molar refractivity (Wildman–Crippen MR) is 134 cm³/mol. The first-order chi connectivity index (χ1) is 15.8. The van der Waals surface area contributed by atoms with E-state index in [9.17, 15) is 9.59 Å². The Hall–Kier alpha value is -2.54. The molecule has 1 aliphatic heterocycles. The number of nitrogens with zero attached hydrogens (tertiary/aromatic N) is 2. The summed E-state index contributed by atoms with van der Waals surface area (Å²) in [6.45, 7) is 11.8. The predicted octanol–water partition coefficient (Wildman–Crippen LogP) is 5.03. The number of rotatable bonds is 9. The first-order valence-electron chi connectivity index (χ1n) is 11.9. The molecule has 1 N–H and O–H groups in total. The molecule has 2 aromatic rings. The highest BCUT2D eigenvalue weighted by Crippen LogP contribution is 2.34. The fourth-order valence-electron chi connectivity index (χ4n) is 4.02. The van der Waals surface area contributed by atoms with E-state index in [-0.39, 0.29) is 30.6 Å². The van der Waals surface area contributed by atoms with Gasteiger partial charge in [-0.1, -0.05) is 32.0 Å². The number of fused-ring (bicyclic) bond motifs is 1. The minimum Gasteiger partial charge on any atom is -0.491 e. The monoisotopic (exact) mass is 471 g/mol. The number of aryl methyl sites for hydroxylation is 1. The van der Waals surface area contributed by atoms with Crippen molar-refractivity contribution in [1.29, 1.82) is 0 Å². The molecule has 1 aliphatic rings. The standard InChI is InChI=1S/C26H37N3O3S/c1-18(2)10-13-28(26(31)27-19(3)4)16-25(30)29-14-11-24-21(12-15-33-24)22(29)17-32-23-9-7-6-8-20(23)5/h6-9,12,15,18-19,22H,10-11,13-14,16-17H2,1-5H3,(H,27,31). The van der Waals surface area contributed by atoms with Crippen LogP contribution in [0.2, 0.25) is 0 Å². The van der Waals surface area contributed by atoms with Crippen molar-refractivity contribution in [1.82, 2.24) is 15.1 Å². The van der Waals surface area contributed by atoms with Crippen LogP contribution in [0.5, 0.6) is 5.75 Å². The van der Waals surface area contributed by atoms with E-state index in [0.717, 1.165) is 29.7 Å². The molecule has 0 saturated carbocycles. The molecule has 1 unspecified atom stereocenters. The second-order valence-electron chi connectivity index (χ2n) is 9.44.